The van der Waals surface area contributed by atoms with E-state index in [1.807, 2.05) is 6.07 Å². The van der Waals surface area contributed by atoms with Crippen LogP contribution in [0.15, 0.2) is 40.8 Å². The molecule has 0 unspecified atom stereocenters. The highest BCUT2D eigenvalue weighted by Crippen LogP contribution is 2.45. The molecule has 3 rings (SSSR count). The van der Waals surface area contributed by atoms with E-state index in [4.69, 9.17) is 22.1 Å². The number of nitrogens with two attached hydrogens (primary N) is 1. The fraction of sp³-hybridized carbons (Fsp3) is 0.286. The van der Waals surface area contributed by atoms with Crippen molar-refractivity contribution in [3.8, 4) is 6.07 Å². The van der Waals surface area contributed by atoms with Gasteiger partial charge in [-0.05, 0) is 17.7 Å². The third-order valence-electron chi connectivity index (χ3n) is 3.78. The number of benzene rings is 1. The Hall–Kier alpha value is -2.40. The molecule has 0 amide bonds. The molecule has 9 heteroatoms. The van der Waals surface area contributed by atoms with Gasteiger partial charge in [0.05, 0.1) is 11.5 Å². The van der Waals surface area contributed by atoms with E-state index in [9.17, 15) is 18.4 Å². The van der Waals surface area contributed by atoms with Gasteiger partial charge in [0, 0.05) is 10.9 Å². The highest BCUT2D eigenvalue weighted by atomic mass is 35.5. The summed E-state index contributed by atoms with van der Waals surface area (Å²) in [5.41, 5.74) is 7.39. The van der Waals surface area contributed by atoms with Crippen molar-refractivity contribution in [3.63, 3.8) is 0 Å². The molecule has 3 N–H and O–H groups in total. The van der Waals surface area contributed by atoms with Crippen LogP contribution in [-0.4, -0.2) is 18.1 Å². The van der Waals surface area contributed by atoms with Crippen molar-refractivity contribution >= 4 is 17.3 Å². The highest BCUT2D eigenvalue weighted by Gasteiger charge is 2.55. The molecule has 0 spiro atoms. The summed E-state index contributed by atoms with van der Waals surface area (Å²) in [5.74, 6) is -2.34. The molecule has 1 aromatic carbocycles. The van der Waals surface area contributed by atoms with E-state index in [-0.39, 0.29) is 11.5 Å². The van der Waals surface area contributed by atoms with Gasteiger partial charge in [0.1, 0.15) is 6.07 Å². The number of nitrogens with zero attached hydrogens (tertiary/aromatic N) is 2. The van der Waals surface area contributed by atoms with E-state index in [0.717, 1.165) is 0 Å². The Morgan fingerprint density at radius 1 is 1.30 bits per heavy atom. The van der Waals surface area contributed by atoms with Crippen molar-refractivity contribution in [3.05, 3.63) is 46.3 Å². The van der Waals surface area contributed by atoms with Crippen molar-refractivity contribution in [1.82, 2.24) is 5.43 Å². The van der Waals surface area contributed by atoms with Gasteiger partial charge in [0.25, 0.3) is 0 Å². The van der Waals surface area contributed by atoms with Gasteiger partial charge in [0.2, 0.25) is 5.88 Å². The van der Waals surface area contributed by atoms with E-state index in [1.165, 1.54) is 0 Å². The van der Waals surface area contributed by atoms with Gasteiger partial charge in [0.15, 0.2) is 11.9 Å². The number of hydrogen-bond acceptors (Lipinski definition) is 5. The average Bonchev–Trinajstić information content (AvgIpc) is 2.90. The molecule has 2 heterocycles. The van der Waals surface area contributed by atoms with E-state index in [2.05, 4.69) is 10.5 Å². The van der Waals surface area contributed by atoms with E-state index in [0.29, 0.717) is 10.6 Å². The molecule has 0 bridgehead atoms. The predicted octanol–water partition coefficient (Wildman–Crippen LogP) is 2.61. The molecule has 0 saturated heterocycles. The second kappa shape index (κ2) is 5.35. The molecule has 23 heavy (non-hydrogen) atoms. The molecule has 120 valence electrons. The molecule has 0 aliphatic carbocycles. The zero-order chi connectivity index (χ0) is 16.8. The van der Waals surface area contributed by atoms with Crippen molar-refractivity contribution < 1.29 is 17.9 Å². The topological polar surface area (TPSA) is 83.4 Å². The Kier molecular flexibility index (Phi) is 3.60. The maximum atomic E-state index is 13.2. The number of hydrazone groups is 1. The van der Waals surface area contributed by atoms with Crippen molar-refractivity contribution in [2.75, 3.05) is 0 Å². The van der Waals surface area contributed by atoms with Crippen LogP contribution in [0, 0.1) is 17.2 Å². The molecular weight excluding hydrogens is 333 g/mol. The van der Waals surface area contributed by atoms with Gasteiger partial charge in [-0.1, -0.05) is 23.7 Å². The first-order chi connectivity index (χ1) is 10.8. The fourth-order valence-electron chi connectivity index (χ4n) is 2.82. The lowest BCUT2D eigenvalue weighted by atomic mass is 9.76. The summed E-state index contributed by atoms with van der Waals surface area (Å²) in [5, 5.41) is 13.1. The van der Waals surface area contributed by atoms with Crippen LogP contribution < -0.4 is 11.2 Å². The summed E-state index contributed by atoms with van der Waals surface area (Å²) in [6.07, 6.45) is -5.72. The smallest absolute Gasteiger partial charge is 0.431 e. The summed E-state index contributed by atoms with van der Waals surface area (Å²) < 4.78 is 44.9. The largest absolute Gasteiger partial charge is 0.453 e. The number of hydrogen-bond donors (Lipinski definition) is 2. The standard InChI is InChI=1S/C14H10ClF3N4O/c15-7-3-1-6(2-4-7)9-8(5-19)12(20)23-13-10(9)11(21-22-13)14(16,17)18/h1-4,9-10,13,22H,20H2/t9-,10+,13-/m0/s1. The third kappa shape index (κ3) is 2.57. The first-order valence-corrected chi connectivity index (χ1v) is 6.93. The van der Waals surface area contributed by atoms with Gasteiger partial charge < -0.3 is 10.5 Å². The Morgan fingerprint density at radius 2 is 1.96 bits per heavy atom. The lowest BCUT2D eigenvalue weighted by Crippen LogP contribution is -2.45. The van der Waals surface area contributed by atoms with Crippen LogP contribution in [-0.2, 0) is 4.74 Å². The quantitative estimate of drug-likeness (QED) is 0.821. The van der Waals surface area contributed by atoms with Crippen LogP contribution in [0.3, 0.4) is 0 Å². The van der Waals surface area contributed by atoms with E-state index < -0.39 is 30.0 Å². The molecule has 0 saturated carbocycles. The number of halogens is 4. The van der Waals surface area contributed by atoms with Gasteiger partial charge in [-0.25, -0.2) is 0 Å². The van der Waals surface area contributed by atoms with E-state index >= 15 is 0 Å². The Bertz CT molecular complexity index is 736. The molecule has 0 aromatic heterocycles. The monoisotopic (exact) mass is 342 g/mol. The van der Waals surface area contributed by atoms with Gasteiger partial charge >= 0.3 is 6.18 Å². The van der Waals surface area contributed by atoms with Crippen LogP contribution in [0.1, 0.15) is 11.5 Å². The molecule has 0 radical (unpaired) electrons. The summed E-state index contributed by atoms with van der Waals surface area (Å²) in [6.45, 7) is 0. The number of allylic oxidation sites excluding steroid dienone is 1. The highest BCUT2D eigenvalue weighted by molar-refractivity contribution is 6.30. The van der Waals surface area contributed by atoms with Gasteiger partial charge in [-0.3, -0.25) is 5.43 Å². The number of fused-ring (bicyclic) bond motifs is 1. The first kappa shape index (κ1) is 15.5. The summed E-state index contributed by atoms with van der Waals surface area (Å²) >= 11 is 5.82. The molecule has 1 aromatic rings. The lowest BCUT2D eigenvalue weighted by Gasteiger charge is -2.34. The minimum atomic E-state index is -4.65. The number of nitrogens with one attached hydrogen (secondary N) is 1. The molecule has 5 nitrogen and oxygen atoms in total. The Balaban J connectivity index is 2.13. The number of nitriles is 1. The van der Waals surface area contributed by atoms with Gasteiger partial charge in [-0.2, -0.15) is 23.5 Å². The Labute approximate surface area is 134 Å². The summed E-state index contributed by atoms with van der Waals surface area (Å²) in [7, 11) is 0. The normalized spacial score (nSPS) is 26.7. The summed E-state index contributed by atoms with van der Waals surface area (Å²) in [4.78, 5) is 0. The zero-order valence-corrected chi connectivity index (χ0v) is 12.2. The molecule has 2 aliphatic rings. The number of rotatable bonds is 1. The van der Waals surface area contributed by atoms with Crippen LogP contribution in [0.4, 0.5) is 13.2 Å². The molecule has 0 fully saturated rings. The van der Waals surface area contributed by atoms with Gasteiger partial charge in [-0.15, -0.1) is 0 Å². The van der Waals surface area contributed by atoms with Crippen LogP contribution in [0.5, 0.6) is 0 Å². The Morgan fingerprint density at radius 3 is 2.52 bits per heavy atom. The maximum Gasteiger partial charge on any atom is 0.431 e. The minimum Gasteiger partial charge on any atom is -0.453 e. The third-order valence-corrected chi connectivity index (χ3v) is 4.04. The summed E-state index contributed by atoms with van der Waals surface area (Å²) in [6, 6.07) is 8.05. The SMILES string of the molecule is N#CC1=C(N)O[C@@H]2NN=C(C(F)(F)F)[C@H]2[C@H]1c1ccc(Cl)cc1. The van der Waals surface area contributed by atoms with E-state index in [1.54, 1.807) is 24.3 Å². The predicted molar refractivity (Wildman–Crippen MR) is 76.0 cm³/mol. The minimum absolute atomic E-state index is 0.0609. The van der Waals surface area contributed by atoms with Crippen LogP contribution in [0.2, 0.25) is 5.02 Å². The fourth-order valence-corrected chi connectivity index (χ4v) is 2.94. The molecular formula is C14H10ClF3N4O. The zero-order valence-electron chi connectivity index (χ0n) is 11.4. The second-order valence-electron chi connectivity index (χ2n) is 5.11. The van der Waals surface area contributed by atoms with Crippen LogP contribution in [0.25, 0.3) is 0 Å². The molecule has 2 aliphatic heterocycles. The number of alkyl halides is 3. The average molecular weight is 343 g/mol. The van der Waals surface area contributed by atoms with Crippen LogP contribution >= 0.6 is 11.6 Å². The lowest BCUT2D eigenvalue weighted by molar-refractivity contribution is -0.0661. The second-order valence-corrected chi connectivity index (χ2v) is 5.54. The molecule has 3 atom stereocenters. The maximum absolute atomic E-state index is 13.2. The van der Waals surface area contributed by atoms with Crippen molar-refractivity contribution in [2.24, 2.45) is 16.8 Å². The number of ether oxygens (including phenoxy) is 1. The van der Waals surface area contributed by atoms with Crippen molar-refractivity contribution in [2.45, 2.75) is 18.3 Å². The first-order valence-electron chi connectivity index (χ1n) is 6.55. The van der Waals surface area contributed by atoms with Crippen molar-refractivity contribution in [1.29, 1.82) is 5.26 Å².